The van der Waals surface area contributed by atoms with Crippen molar-refractivity contribution in [3.63, 3.8) is 0 Å². The molecule has 0 aliphatic carbocycles. The highest BCUT2D eigenvalue weighted by molar-refractivity contribution is 6.32. The molecule has 4 rings (SSSR count). The van der Waals surface area contributed by atoms with Crippen molar-refractivity contribution in [2.45, 2.75) is 25.3 Å². The highest BCUT2D eigenvalue weighted by atomic mass is 35.5. The fraction of sp³-hybridized carbons (Fsp3) is 0.375. The minimum Gasteiger partial charge on any atom is -0.433 e. The number of anilines is 1. The van der Waals surface area contributed by atoms with Crippen molar-refractivity contribution in [2.75, 3.05) is 18.0 Å². The molecular formula is C16H18ClN7O. The summed E-state index contributed by atoms with van der Waals surface area (Å²) in [6.07, 6.45) is 6.69. The molecule has 25 heavy (non-hydrogen) atoms. The van der Waals surface area contributed by atoms with Gasteiger partial charge in [0, 0.05) is 24.8 Å². The molecule has 0 aromatic carbocycles. The Morgan fingerprint density at radius 2 is 2.12 bits per heavy atom. The van der Waals surface area contributed by atoms with Gasteiger partial charge in [-0.3, -0.25) is 10.1 Å². The average molecular weight is 360 g/mol. The molecule has 0 radical (unpaired) electrons. The lowest BCUT2D eigenvalue weighted by Crippen LogP contribution is -2.48. The highest BCUT2D eigenvalue weighted by Crippen LogP contribution is 2.31. The monoisotopic (exact) mass is 359 g/mol. The largest absolute Gasteiger partial charge is 0.433 e. The maximum absolute atomic E-state index is 6.19. The molecule has 130 valence electrons. The molecule has 1 aliphatic rings. The van der Waals surface area contributed by atoms with Crippen LogP contribution in [0.3, 0.4) is 0 Å². The third-order valence-corrected chi connectivity index (χ3v) is 4.71. The summed E-state index contributed by atoms with van der Waals surface area (Å²) in [5.74, 6) is 1.54. The van der Waals surface area contributed by atoms with Gasteiger partial charge in [-0.2, -0.15) is 0 Å². The van der Waals surface area contributed by atoms with Crippen LogP contribution in [0, 0.1) is 0 Å². The van der Waals surface area contributed by atoms with Crippen molar-refractivity contribution in [2.24, 2.45) is 5.73 Å². The van der Waals surface area contributed by atoms with Crippen LogP contribution in [0.2, 0.25) is 5.02 Å². The van der Waals surface area contributed by atoms with Gasteiger partial charge in [0.1, 0.15) is 5.82 Å². The van der Waals surface area contributed by atoms with Crippen molar-refractivity contribution < 1.29 is 4.74 Å². The predicted molar refractivity (Wildman–Crippen MR) is 95.0 cm³/mol. The maximum atomic E-state index is 6.19. The first-order valence-electron chi connectivity index (χ1n) is 8.04. The summed E-state index contributed by atoms with van der Waals surface area (Å²) < 4.78 is 5.71. The number of ether oxygens (including phenoxy) is 1. The van der Waals surface area contributed by atoms with E-state index in [1.54, 1.807) is 18.5 Å². The summed E-state index contributed by atoms with van der Waals surface area (Å²) in [7, 11) is 0. The van der Waals surface area contributed by atoms with E-state index in [2.05, 4.69) is 37.0 Å². The molecular weight excluding hydrogens is 342 g/mol. The van der Waals surface area contributed by atoms with Gasteiger partial charge in [0.15, 0.2) is 16.9 Å². The lowest BCUT2D eigenvalue weighted by atomic mass is 9.91. The van der Waals surface area contributed by atoms with Crippen molar-refractivity contribution in [1.29, 1.82) is 0 Å². The molecule has 4 heterocycles. The first-order chi connectivity index (χ1) is 12.0. The fourth-order valence-electron chi connectivity index (χ4n) is 2.78. The molecule has 0 amide bonds. The average Bonchev–Trinajstić information content (AvgIpc) is 2.99. The van der Waals surface area contributed by atoms with Crippen LogP contribution >= 0.6 is 11.6 Å². The van der Waals surface area contributed by atoms with Gasteiger partial charge in [-0.15, -0.1) is 5.10 Å². The Balaban J connectivity index is 1.58. The van der Waals surface area contributed by atoms with Gasteiger partial charge in [0.2, 0.25) is 0 Å². The number of piperidine rings is 1. The summed E-state index contributed by atoms with van der Waals surface area (Å²) in [6.45, 7) is 3.80. The van der Waals surface area contributed by atoms with Crippen molar-refractivity contribution in [3.05, 3.63) is 29.7 Å². The molecule has 1 saturated heterocycles. The van der Waals surface area contributed by atoms with Crippen molar-refractivity contribution in [3.8, 4) is 11.6 Å². The molecule has 0 atom stereocenters. The molecule has 0 unspecified atom stereocenters. The number of aromatic amines is 1. The fourth-order valence-corrected chi connectivity index (χ4v) is 2.93. The molecule has 0 saturated carbocycles. The zero-order valence-corrected chi connectivity index (χ0v) is 14.5. The summed E-state index contributed by atoms with van der Waals surface area (Å²) in [4.78, 5) is 15.2. The second-order valence-corrected chi connectivity index (χ2v) is 6.91. The standard InChI is InChI=1S/C16H18ClN7O/c1-16(18)3-6-24(7-4-16)12-9-20-13-14(21-12)22-23-15(13)25-11-8-19-5-2-10(11)17/h2,5,8-9H,3-4,6-7,18H2,1H3,(H,21,22,23). The Morgan fingerprint density at radius 3 is 2.88 bits per heavy atom. The second kappa shape index (κ2) is 6.12. The lowest BCUT2D eigenvalue weighted by Gasteiger charge is -2.37. The number of hydrogen-bond donors (Lipinski definition) is 2. The van der Waals surface area contributed by atoms with Crippen molar-refractivity contribution in [1.82, 2.24) is 25.1 Å². The summed E-state index contributed by atoms with van der Waals surface area (Å²) in [5, 5.41) is 7.46. The number of nitrogens with one attached hydrogen (secondary N) is 1. The normalized spacial score (nSPS) is 17.0. The van der Waals surface area contributed by atoms with Crippen LogP contribution in [0.1, 0.15) is 19.8 Å². The number of nitrogens with zero attached hydrogens (tertiary/aromatic N) is 5. The number of hydrogen-bond acceptors (Lipinski definition) is 7. The van der Waals surface area contributed by atoms with E-state index >= 15 is 0 Å². The first kappa shape index (κ1) is 16.0. The SMILES string of the molecule is CC1(N)CCN(c2cnc3c(Oc4cnccc4Cl)n[nH]c3n2)CC1. The molecule has 3 aromatic heterocycles. The lowest BCUT2D eigenvalue weighted by molar-refractivity contribution is 0.363. The van der Waals surface area contributed by atoms with E-state index in [1.165, 1.54) is 6.20 Å². The molecule has 3 N–H and O–H groups in total. The third-order valence-electron chi connectivity index (χ3n) is 4.40. The molecule has 8 nitrogen and oxygen atoms in total. The zero-order chi connectivity index (χ0) is 17.4. The maximum Gasteiger partial charge on any atom is 0.266 e. The van der Waals surface area contributed by atoms with Crippen LogP contribution in [-0.2, 0) is 0 Å². The molecule has 9 heteroatoms. The summed E-state index contributed by atoms with van der Waals surface area (Å²) in [5.41, 5.74) is 7.19. The van der Waals surface area contributed by atoms with E-state index in [1.807, 2.05) is 0 Å². The van der Waals surface area contributed by atoms with Gasteiger partial charge >= 0.3 is 0 Å². The molecule has 1 aliphatic heterocycles. The Morgan fingerprint density at radius 1 is 1.32 bits per heavy atom. The zero-order valence-electron chi connectivity index (χ0n) is 13.7. The van der Waals surface area contributed by atoms with E-state index in [-0.39, 0.29) is 5.54 Å². The van der Waals surface area contributed by atoms with Crippen LogP contribution in [-0.4, -0.2) is 43.8 Å². The second-order valence-electron chi connectivity index (χ2n) is 6.50. The summed E-state index contributed by atoms with van der Waals surface area (Å²) in [6, 6.07) is 1.65. The third kappa shape index (κ3) is 3.22. The number of nitrogens with two attached hydrogens (primary N) is 1. The molecule has 3 aromatic rings. The Labute approximate surface area is 149 Å². The van der Waals surface area contributed by atoms with Gasteiger partial charge in [-0.1, -0.05) is 11.6 Å². The van der Waals surface area contributed by atoms with E-state index < -0.39 is 0 Å². The highest BCUT2D eigenvalue weighted by Gasteiger charge is 2.27. The van der Waals surface area contributed by atoms with Crippen molar-refractivity contribution >= 4 is 28.6 Å². The minimum atomic E-state index is -0.105. The number of rotatable bonds is 3. The van der Waals surface area contributed by atoms with Crippen LogP contribution in [0.15, 0.2) is 24.7 Å². The van der Waals surface area contributed by atoms with Gasteiger partial charge in [0.05, 0.1) is 17.4 Å². The Kier molecular flexibility index (Phi) is 3.93. The molecule has 0 bridgehead atoms. The van der Waals surface area contributed by atoms with Crippen LogP contribution in [0.5, 0.6) is 11.6 Å². The van der Waals surface area contributed by atoms with E-state index in [9.17, 15) is 0 Å². The Hall–Kier alpha value is -2.45. The molecule has 0 spiro atoms. The molecule has 1 fully saturated rings. The van der Waals surface area contributed by atoms with Crippen LogP contribution in [0.25, 0.3) is 11.2 Å². The first-order valence-corrected chi connectivity index (χ1v) is 8.42. The minimum absolute atomic E-state index is 0.105. The van der Waals surface area contributed by atoms with Gasteiger partial charge < -0.3 is 15.4 Å². The van der Waals surface area contributed by atoms with Gasteiger partial charge in [0.25, 0.3) is 5.88 Å². The summed E-state index contributed by atoms with van der Waals surface area (Å²) >= 11 is 6.09. The predicted octanol–water partition coefficient (Wildman–Crippen LogP) is 2.51. The number of H-pyrrole nitrogens is 1. The van der Waals surface area contributed by atoms with E-state index in [0.717, 1.165) is 31.7 Å². The van der Waals surface area contributed by atoms with Gasteiger partial charge in [-0.25, -0.2) is 9.97 Å². The van der Waals surface area contributed by atoms with E-state index in [0.29, 0.717) is 27.8 Å². The number of fused-ring (bicyclic) bond motifs is 1. The quantitative estimate of drug-likeness (QED) is 0.740. The Bertz CT molecular complexity index is 900. The van der Waals surface area contributed by atoms with Gasteiger partial charge in [-0.05, 0) is 25.8 Å². The number of pyridine rings is 1. The van der Waals surface area contributed by atoms with E-state index in [4.69, 9.17) is 22.1 Å². The smallest absolute Gasteiger partial charge is 0.266 e. The van der Waals surface area contributed by atoms with Crippen LogP contribution < -0.4 is 15.4 Å². The number of aromatic nitrogens is 5. The topological polar surface area (TPSA) is 106 Å². The van der Waals surface area contributed by atoms with Crippen LogP contribution in [0.4, 0.5) is 5.82 Å². The number of halogens is 1.